The first kappa shape index (κ1) is 21.6. The number of hydrogen-bond donors (Lipinski definition) is 1. The van der Waals surface area contributed by atoms with Crippen molar-refractivity contribution in [2.75, 3.05) is 25.6 Å². The molecule has 0 aliphatic carbocycles. The lowest BCUT2D eigenvalue weighted by atomic mass is 10.2. The Labute approximate surface area is 169 Å². The largest absolute Gasteiger partial charge is 0.493 e. The first-order chi connectivity index (χ1) is 13.3. The van der Waals surface area contributed by atoms with Gasteiger partial charge in [0.15, 0.2) is 18.1 Å². The van der Waals surface area contributed by atoms with Gasteiger partial charge in [0.2, 0.25) is 0 Å². The molecule has 0 aromatic heterocycles. The van der Waals surface area contributed by atoms with Gasteiger partial charge in [-0.25, -0.2) is 4.79 Å². The van der Waals surface area contributed by atoms with E-state index >= 15 is 0 Å². The molecule has 0 aliphatic heterocycles. The predicted molar refractivity (Wildman–Crippen MR) is 108 cm³/mol. The zero-order valence-corrected chi connectivity index (χ0v) is 17.1. The molecule has 2 aromatic rings. The molecule has 28 heavy (non-hydrogen) atoms. The highest BCUT2D eigenvalue weighted by Gasteiger charge is 2.15. The van der Waals surface area contributed by atoms with Crippen LogP contribution in [0.15, 0.2) is 36.4 Å². The Hall–Kier alpha value is -2.73. The number of nitrogens with one attached hydrogen (secondary N) is 1. The fourth-order valence-corrected chi connectivity index (χ4v) is 2.57. The van der Waals surface area contributed by atoms with Crippen molar-refractivity contribution in [2.24, 2.45) is 5.92 Å². The number of benzene rings is 2. The molecule has 2 aromatic carbocycles. The molecule has 0 spiro atoms. The Kier molecular flexibility index (Phi) is 7.70. The standard InChI is InChI=1S/C21H24ClNO5/c1-13(2)11-27-18-8-6-15(10-19(18)26-4)21(25)28-12-20(24)23-17-7-5-14(3)9-16(17)22/h5-10,13H,11-12H2,1-4H3,(H,23,24). The van der Waals surface area contributed by atoms with Crippen LogP contribution in [-0.4, -0.2) is 32.2 Å². The predicted octanol–water partition coefficient (Wildman–Crippen LogP) is 4.49. The second-order valence-corrected chi connectivity index (χ2v) is 7.09. The summed E-state index contributed by atoms with van der Waals surface area (Å²) in [6, 6.07) is 9.98. The molecule has 150 valence electrons. The van der Waals surface area contributed by atoms with E-state index in [-0.39, 0.29) is 5.56 Å². The van der Waals surface area contributed by atoms with Crippen molar-refractivity contribution in [2.45, 2.75) is 20.8 Å². The van der Waals surface area contributed by atoms with Gasteiger partial charge in [0.25, 0.3) is 5.91 Å². The minimum absolute atomic E-state index is 0.259. The summed E-state index contributed by atoms with van der Waals surface area (Å²) in [6.07, 6.45) is 0. The Morgan fingerprint density at radius 3 is 2.50 bits per heavy atom. The highest BCUT2D eigenvalue weighted by molar-refractivity contribution is 6.33. The summed E-state index contributed by atoms with van der Waals surface area (Å²) < 4.78 is 16.0. The summed E-state index contributed by atoms with van der Waals surface area (Å²) in [5.41, 5.74) is 1.70. The molecule has 0 saturated heterocycles. The molecule has 1 amide bonds. The number of esters is 1. The summed E-state index contributed by atoms with van der Waals surface area (Å²) in [5, 5.41) is 3.03. The van der Waals surface area contributed by atoms with Gasteiger partial charge in [0, 0.05) is 0 Å². The molecular weight excluding hydrogens is 382 g/mol. The maximum Gasteiger partial charge on any atom is 0.338 e. The van der Waals surface area contributed by atoms with Crippen molar-refractivity contribution in [1.29, 1.82) is 0 Å². The van der Waals surface area contributed by atoms with Gasteiger partial charge in [0.05, 0.1) is 30.0 Å². The molecule has 0 atom stereocenters. The minimum Gasteiger partial charge on any atom is -0.493 e. The third kappa shape index (κ3) is 6.16. The lowest BCUT2D eigenvalue weighted by molar-refractivity contribution is -0.119. The monoisotopic (exact) mass is 405 g/mol. The van der Waals surface area contributed by atoms with E-state index < -0.39 is 18.5 Å². The molecule has 0 radical (unpaired) electrons. The van der Waals surface area contributed by atoms with Gasteiger partial charge in [-0.2, -0.15) is 0 Å². The Morgan fingerprint density at radius 2 is 1.86 bits per heavy atom. The van der Waals surface area contributed by atoms with E-state index in [0.29, 0.717) is 34.7 Å². The number of aryl methyl sites for hydroxylation is 1. The zero-order chi connectivity index (χ0) is 20.7. The Balaban J connectivity index is 1.95. The van der Waals surface area contributed by atoms with Crippen LogP contribution in [0.3, 0.4) is 0 Å². The number of ether oxygens (including phenoxy) is 3. The van der Waals surface area contributed by atoms with Crippen molar-refractivity contribution < 1.29 is 23.8 Å². The van der Waals surface area contributed by atoms with Crippen molar-refractivity contribution >= 4 is 29.2 Å². The van der Waals surface area contributed by atoms with E-state index in [1.807, 2.05) is 26.8 Å². The Morgan fingerprint density at radius 1 is 1.11 bits per heavy atom. The Bertz CT molecular complexity index is 851. The van der Waals surface area contributed by atoms with Crippen molar-refractivity contribution in [3.05, 3.63) is 52.5 Å². The summed E-state index contributed by atoms with van der Waals surface area (Å²) in [5.74, 6) is 0.196. The average molecular weight is 406 g/mol. The summed E-state index contributed by atoms with van der Waals surface area (Å²) in [7, 11) is 1.49. The summed E-state index contributed by atoms with van der Waals surface area (Å²) in [6.45, 7) is 6.06. The average Bonchev–Trinajstić information content (AvgIpc) is 2.66. The van der Waals surface area contributed by atoms with Gasteiger partial charge in [-0.05, 0) is 48.7 Å². The van der Waals surface area contributed by atoms with E-state index in [9.17, 15) is 9.59 Å². The molecule has 7 heteroatoms. The first-order valence-electron chi connectivity index (χ1n) is 8.84. The molecule has 6 nitrogen and oxygen atoms in total. The van der Waals surface area contributed by atoms with Crippen LogP contribution in [0.1, 0.15) is 29.8 Å². The van der Waals surface area contributed by atoms with Gasteiger partial charge in [-0.15, -0.1) is 0 Å². The van der Waals surface area contributed by atoms with Crippen molar-refractivity contribution in [3.8, 4) is 11.5 Å². The fraction of sp³-hybridized carbons (Fsp3) is 0.333. The van der Waals surface area contributed by atoms with Gasteiger partial charge in [0.1, 0.15) is 0 Å². The molecule has 2 rings (SSSR count). The lowest BCUT2D eigenvalue weighted by Gasteiger charge is -2.13. The highest BCUT2D eigenvalue weighted by Crippen LogP contribution is 2.29. The van der Waals surface area contributed by atoms with Gasteiger partial charge < -0.3 is 19.5 Å². The number of hydrogen-bond acceptors (Lipinski definition) is 5. The number of methoxy groups -OCH3 is 1. The first-order valence-corrected chi connectivity index (χ1v) is 9.22. The number of anilines is 1. The second kappa shape index (κ2) is 9.99. The van der Waals surface area contributed by atoms with Crippen LogP contribution in [0.2, 0.25) is 5.02 Å². The van der Waals surface area contributed by atoms with Gasteiger partial charge >= 0.3 is 5.97 Å². The fourth-order valence-electron chi connectivity index (χ4n) is 2.29. The van der Waals surface area contributed by atoms with E-state index in [2.05, 4.69) is 5.32 Å². The number of carbonyl (C=O) groups is 2. The van der Waals surface area contributed by atoms with E-state index in [1.54, 1.807) is 24.3 Å². The van der Waals surface area contributed by atoms with Crippen LogP contribution in [0, 0.1) is 12.8 Å². The number of halogens is 1. The van der Waals surface area contributed by atoms with E-state index in [1.165, 1.54) is 13.2 Å². The SMILES string of the molecule is COc1cc(C(=O)OCC(=O)Nc2ccc(C)cc2Cl)ccc1OCC(C)C. The zero-order valence-electron chi connectivity index (χ0n) is 16.4. The van der Waals surface area contributed by atoms with E-state index in [0.717, 1.165) is 5.56 Å². The van der Waals surface area contributed by atoms with Gasteiger partial charge in [-0.3, -0.25) is 4.79 Å². The van der Waals surface area contributed by atoms with Gasteiger partial charge in [-0.1, -0.05) is 31.5 Å². The maximum absolute atomic E-state index is 12.2. The lowest BCUT2D eigenvalue weighted by Crippen LogP contribution is -2.21. The van der Waals surface area contributed by atoms with Crippen LogP contribution in [-0.2, 0) is 9.53 Å². The van der Waals surface area contributed by atoms with Crippen LogP contribution < -0.4 is 14.8 Å². The third-order valence-electron chi connectivity index (χ3n) is 3.70. The smallest absolute Gasteiger partial charge is 0.338 e. The van der Waals surface area contributed by atoms with Crippen LogP contribution in [0.25, 0.3) is 0 Å². The quantitative estimate of drug-likeness (QED) is 0.655. The summed E-state index contributed by atoms with van der Waals surface area (Å²) in [4.78, 5) is 24.3. The number of carbonyl (C=O) groups excluding carboxylic acids is 2. The highest BCUT2D eigenvalue weighted by atomic mass is 35.5. The van der Waals surface area contributed by atoms with Crippen molar-refractivity contribution in [3.63, 3.8) is 0 Å². The number of amides is 1. The molecule has 0 bridgehead atoms. The molecule has 0 aliphatic rings. The minimum atomic E-state index is -0.640. The topological polar surface area (TPSA) is 73.9 Å². The molecule has 0 saturated carbocycles. The van der Waals surface area contributed by atoms with Crippen LogP contribution in [0.4, 0.5) is 5.69 Å². The number of rotatable bonds is 8. The molecule has 1 N–H and O–H groups in total. The van der Waals surface area contributed by atoms with E-state index in [4.69, 9.17) is 25.8 Å². The second-order valence-electron chi connectivity index (χ2n) is 6.68. The van der Waals surface area contributed by atoms with Crippen LogP contribution >= 0.6 is 11.6 Å². The van der Waals surface area contributed by atoms with Crippen molar-refractivity contribution in [1.82, 2.24) is 0 Å². The molecule has 0 unspecified atom stereocenters. The molecular formula is C21H24ClNO5. The normalized spacial score (nSPS) is 10.5. The molecule has 0 heterocycles. The summed E-state index contributed by atoms with van der Waals surface area (Å²) >= 11 is 6.08. The maximum atomic E-state index is 12.2. The third-order valence-corrected chi connectivity index (χ3v) is 4.02. The molecule has 0 fully saturated rings. The van der Waals surface area contributed by atoms with Crippen LogP contribution in [0.5, 0.6) is 11.5 Å².